The molecule has 1 fully saturated rings. The number of ether oxygens (including phenoxy) is 2. The van der Waals surface area contributed by atoms with Crippen LogP contribution < -0.4 is 10.1 Å². The largest absolute Gasteiger partial charge is 0.497 e. The number of hydrogen-bond donors (Lipinski definition) is 1. The molecule has 1 saturated heterocycles. The quantitative estimate of drug-likeness (QED) is 0.322. The molecule has 9 heteroatoms. The molecule has 5 rings (SSSR count). The Balaban J connectivity index is 1.40. The molecular weight excluding hydrogens is 500 g/mol. The van der Waals surface area contributed by atoms with E-state index >= 15 is 0 Å². The molecule has 1 unspecified atom stereocenters. The number of amides is 2. The number of thiophene rings is 1. The Kier molecular flexibility index (Phi) is 7.86. The molecule has 3 heterocycles. The third kappa shape index (κ3) is 5.95. The Hall–Kier alpha value is -3.95. The number of aryl methyl sites for hydroxylation is 1. The molecule has 4 aromatic rings. The highest BCUT2D eigenvalue weighted by Crippen LogP contribution is 2.26. The lowest BCUT2D eigenvalue weighted by Gasteiger charge is -2.24. The summed E-state index contributed by atoms with van der Waals surface area (Å²) in [6.45, 7) is 2.97. The number of carbonyl (C=O) groups excluding carboxylic acids is 2. The summed E-state index contributed by atoms with van der Waals surface area (Å²) >= 11 is 1.36. The Morgan fingerprint density at radius 2 is 1.95 bits per heavy atom. The average molecular weight is 531 g/mol. The molecule has 0 spiro atoms. The summed E-state index contributed by atoms with van der Waals surface area (Å²) < 4.78 is 12.9. The molecule has 2 aromatic carbocycles. The molecule has 0 radical (unpaired) electrons. The number of rotatable bonds is 9. The monoisotopic (exact) mass is 530 g/mol. The van der Waals surface area contributed by atoms with Crippen LogP contribution in [0.3, 0.4) is 0 Å². The molecule has 0 aliphatic carbocycles. The van der Waals surface area contributed by atoms with Gasteiger partial charge in [0.05, 0.1) is 23.8 Å². The van der Waals surface area contributed by atoms with E-state index in [1.807, 2.05) is 77.7 Å². The van der Waals surface area contributed by atoms with E-state index in [1.165, 1.54) is 11.3 Å². The van der Waals surface area contributed by atoms with Crippen LogP contribution in [0.5, 0.6) is 5.75 Å². The van der Waals surface area contributed by atoms with Crippen LogP contribution in [0.2, 0.25) is 0 Å². The van der Waals surface area contributed by atoms with Crippen LogP contribution in [0.1, 0.15) is 28.1 Å². The van der Waals surface area contributed by atoms with E-state index in [2.05, 4.69) is 5.32 Å². The van der Waals surface area contributed by atoms with E-state index in [0.29, 0.717) is 29.7 Å². The van der Waals surface area contributed by atoms with Crippen molar-refractivity contribution in [2.75, 3.05) is 32.1 Å². The van der Waals surface area contributed by atoms with Crippen molar-refractivity contribution in [1.82, 2.24) is 14.5 Å². The maximum atomic E-state index is 13.3. The maximum absolute atomic E-state index is 13.3. The average Bonchev–Trinajstić information content (AvgIpc) is 3.71. The molecule has 8 nitrogen and oxygen atoms in total. The number of hydrogen-bond acceptors (Lipinski definition) is 6. The third-order valence-electron chi connectivity index (χ3n) is 6.46. The van der Waals surface area contributed by atoms with Crippen LogP contribution in [-0.2, 0) is 9.53 Å². The minimum absolute atomic E-state index is 0.0667. The van der Waals surface area contributed by atoms with E-state index in [-0.39, 0.29) is 24.5 Å². The summed E-state index contributed by atoms with van der Waals surface area (Å²) in [5.41, 5.74) is 3.59. The Morgan fingerprint density at radius 3 is 2.61 bits per heavy atom. The van der Waals surface area contributed by atoms with Gasteiger partial charge in [-0.1, -0.05) is 23.8 Å². The number of methoxy groups -OCH3 is 1. The summed E-state index contributed by atoms with van der Waals surface area (Å²) in [6.07, 6.45) is 3.66. The zero-order valence-electron chi connectivity index (χ0n) is 21.4. The number of carbonyl (C=O) groups is 2. The van der Waals surface area contributed by atoms with Gasteiger partial charge in [0.2, 0.25) is 11.9 Å². The Labute approximate surface area is 225 Å². The predicted octanol–water partition coefficient (Wildman–Crippen LogP) is 5.18. The van der Waals surface area contributed by atoms with Gasteiger partial charge in [0.15, 0.2) is 0 Å². The highest BCUT2D eigenvalue weighted by molar-refractivity contribution is 7.12. The lowest BCUT2D eigenvalue weighted by Crippen LogP contribution is -2.42. The number of nitrogens with zero attached hydrogens (tertiary/aromatic N) is 3. The van der Waals surface area contributed by atoms with Crippen molar-refractivity contribution >= 4 is 29.1 Å². The van der Waals surface area contributed by atoms with Crippen LogP contribution in [0.4, 0.5) is 5.95 Å². The number of imidazole rings is 1. The van der Waals surface area contributed by atoms with Gasteiger partial charge in [0, 0.05) is 30.6 Å². The second kappa shape index (κ2) is 11.6. The fourth-order valence-corrected chi connectivity index (χ4v) is 5.11. The maximum Gasteiger partial charge on any atom is 0.264 e. The van der Waals surface area contributed by atoms with Crippen molar-refractivity contribution in [2.45, 2.75) is 25.9 Å². The molecule has 1 N–H and O–H groups in total. The molecule has 1 aliphatic heterocycles. The molecule has 0 saturated carbocycles. The molecule has 38 heavy (non-hydrogen) atoms. The predicted molar refractivity (Wildman–Crippen MR) is 148 cm³/mol. The summed E-state index contributed by atoms with van der Waals surface area (Å²) in [5.74, 6) is 0.631. The van der Waals surface area contributed by atoms with Gasteiger partial charge in [-0.05, 0) is 67.6 Å². The highest BCUT2D eigenvalue weighted by Gasteiger charge is 2.26. The van der Waals surface area contributed by atoms with Crippen molar-refractivity contribution in [2.24, 2.45) is 0 Å². The second-order valence-electron chi connectivity index (χ2n) is 9.23. The fourth-order valence-electron chi connectivity index (χ4n) is 4.42. The molecular formula is C29H30N4O4S. The van der Waals surface area contributed by atoms with Crippen molar-refractivity contribution in [3.63, 3.8) is 0 Å². The van der Waals surface area contributed by atoms with Gasteiger partial charge >= 0.3 is 0 Å². The van der Waals surface area contributed by atoms with Gasteiger partial charge in [0.25, 0.3) is 5.91 Å². The first-order valence-corrected chi connectivity index (χ1v) is 13.4. The fraction of sp³-hybridized carbons (Fsp3) is 0.276. The molecule has 196 valence electrons. The normalized spacial score (nSPS) is 14.8. The summed E-state index contributed by atoms with van der Waals surface area (Å²) in [7, 11) is 1.63. The van der Waals surface area contributed by atoms with Crippen molar-refractivity contribution in [3.8, 4) is 22.7 Å². The van der Waals surface area contributed by atoms with Crippen LogP contribution in [0, 0.1) is 6.92 Å². The SMILES string of the molecule is COc1ccc(-c2cn(-c3ccc(C)cc3)c(NC(=O)CN(CC3CCCO3)C(=O)c3cccs3)n2)cc1. The molecule has 2 amide bonds. The van der Waals surface area contributed by atoms with Crippen molar-refractivity contribution < 1.29 is 19.1 Å². The number of benzene rings is 2. The standard InChI is InChI=1S/C29H30N4O4S/c1-20-7-11-22(12-8-20)33-18-25(21-9-13-23(36-2)14-10-21)30-29(33)31-27(34)19-32(17-24-5-3-15-37-24)28(35)26-6-4-16-38-26/h4,6-14,16,18,24H,3,5,15,17,19H2,1-2H3,(H,30,31,34). The summed E-state index contributed by atoms with van der Waals surface area (Å²) in [6, 6.07) is 19.2. The minimum Gasteiger partial charge on any atom is -0.497 e. The van der Waals surface area contributed by atoms with E-state index in [0.717, 1.165) is 35.4 Å². The number of aromatic nitrogens is 2. The van der Waals surface area contributed by atoms with Crippen LogP contribution in [-0.4, -0.2) is 59.2 Å². The summed E-state index contributed by atoms with van der Waals surface area (Å²) in [4.78, 5) is 33.4. The van der Waals surface area contributed by atoms with E-state index in [1.54, 1.807) is 18.1 Å². The summed E-state index contributed by atoms with van der Waals surface area (Å²) in [5, 5.41) is 4.81. The van der Waals surface area contributed by atoms with Gasteiger partial charge in [-0.15, -0.1) is 11.3 Å². The van der Waals surface area contributed by atoms with Gasteiger partial charge in [-0.3, -0.25) is 19.5 Å². The molecule has 1 aliphatic rings. The van der Waals surface area contributed by atoms with Gasteiger partial charge in [-0.25, -0.2) is 4.98 Å². The first kappa shape index (κ1) is 25.7. The van der Waals surface area contributed by atoms with Gasteiger partial charge in [0.1, 0.15) is 12.3 Å². The Bertz CT molecular complexity index is 1380. The van der Waals surface area contributed by atoms with Crippen molar-refractivity contribution in [3.05, 3.63) is 82.7 Å². The first-order chi connectivity index (χ1) is 18.5. The lowest BCUT2D eigenvalue weighted by atomic mass is 10.1. The van der Waals surface area contributed by atoms with Gasteiger partial charge < -0.3 is 14.4 Å². The van der Waals surface area contributed by atoms with E-state index in [4.69, 9.17) is 14.5 Å². The molecule has 0 bridgehead atoms. The first-order valence-electron chi connectivity index (χ1n) is 12.6. The molecule has 2 aromatic heterocycles. The smallest absolute Gasteiger partial charge is 0.264 e. The minimum atomic E-state index is -0.326. The zero-order chi connectivity index (χ0) is 26.5. The second-order valence-corrected chi connectivity index (χ2v) is 10.2. The topological polar surface area (TPSA) is 85.7 Å². The Morgan fingerprint density at radius 1 is 1.16 bits per heavy atom. The van der Waals surface area contributed by atoms with E-state index < -0.39 is 0 Å². The highest BCUT2D eigenvalue weighted by atomic mass is 32.1. The number of anilines is 1. The number of nitrogens with one attached hydrogen (secondary N) is 1. The van der Waals surface area contributed by atoms with Gasteiger partial charge in [-0.2, -0.15) is 0 Å². The van der Waals surface area contributed by atoms with Crippen LogP contribution in [0.25, 0.3) is 16.9 Å². The lowest BCUT2D eigenvalue weighted by molar-refractivity contribution is -0.117. The van der Waals surface area contributed by atoms with Crippen LogP contribution in [0.15, 0.2) is 72.2 Å². The zero-order valence-corrected chi connectivity index (χ0v) is 22.2. The molecule has 1 atom stereocenters. The van der Waals surface area contributed by atoms with Crippen molar-refractivity contribution in [1.29, 1.82) is 0 Å². The third-order valence-corrected chi connectivity index (χ3v) is 7.31. The van der Waals surface area contributed by atoms with E-state index in [9.17, 15) is 9.59 Å². The van der Waals surface area contributed by atoms with Crippen LogP contribution >= 0.6 is 11.3 Å².